The summed E-state index contributed by atoms with van der Waals surface area (Å²) in [5.74, 6) is 1.96. The number of hydrogen-bond donors (Lipinski definition) is 0. The van der Waals surface area contributed by atoms with Gasteiger partial charge in [0.15, 0.2) is 0 Å². The molecular weight excluding hydrogens is 227 g/mol. The van der Waals surface area contributed by atoms with Crippen LogP contribution in [0.1, 0.15) is 19.3 Å². The van der Waals surface area contributed by atoms with Gasteiger partial charge in [0.2, 0.25) is 0 Å². The molecule has 1 atom stereocenters. The largest absolute Gasteiger partial charge is 0.356 e. The van der Waals surface area contributed by atoms with Crippen molar-refractivity contribution in [3.63, 3.8) is 0 Å². The summed E-state index contributed by atoms with van der Waals surface area (Å²) in [5.41, 5.74) is 0. The number of anilines is 1. The first-order valence-corrected chi connectivity index (χ1v) is 6.25. The number of halogens is 2. The molecule has 0 bridgehead atoms. The fourth-order valence-corrected chi connectivity index (χ4v) is 2.53. The predicted molar refractivity (Wildman–Crippen MR) is 64.5 cm³/mol. The Bertz CT molecular complexity index is 326. The Labute approximate surface area is 100 Å². The van der Waals surface area contributed by atoms with Crippen molar-refractivity contribution in [1.29, 1.82) is 0 Å². The number of piperidine rings is 1. The highest BCUT2D eigenvalue weighted by molar-refractivity contribution is 6.17. The number of hydrogen-bond acceptors (Lipinski definition) is 2. The Morgan fingerprint density at radius 2 is 2.38 bits per heavy atom. The minimum Gasteiger partial charge on any atom is -0.356 e. The summed E-state index contributed by atoms with van der Waals surface area (Å²) in [6, 6.07) is 3.21. The molecule has 0 amide bonds. The minimum atomic E-state index is -0.280. The summed E-state index contributed by atoms with van der Waals surface area (Å²) in [4.78, 5) is 6.34. The monoisotopic (exact) mass is 242 g/mol. The molecule has 1 aromatic rings. The van der Waals surface area contributed by atoms with Crippen LogP contribution in [0.15, 0.2) is 18.3 Å². The standard InChI is InChI=1S/C12H16ClFN2/c13-6-5-10-2-1-7-16(9-10)12-4-3-11(14)8-15-12/h3-4,8,10H,1-2,5-7,9H2. The van der Waals surface area contributed by atoms with Gasteiger partial charge in [0.05, 0.1) is 6.20 Å². The van der Waals surface area contributed by atoms with E-state index in [4.69, 9.17) is 11.6 Å². The van der Waals surface area contributed by atoms with Gasteiger partial charge in [0.1, 0.15) is 11.6 Å². The highest BCUT2D eigenvalue weighted by Gasteiger charge is 2.20. The average Bonchev–Trinajstić information content (AvgIpc) is 2.31. The maximum absolute atomic E-state index is 12.8. The SMILES string of the molecule is Fc1ccc(N2CCCC(CCCl)C2)nc1. The average molecular weight is 243 g/mol. The first-order valence-electron chi connectivity index (χ1n) is 5.72. The van der Waals surface area contributed by atoms with Gasteiger partial charge in [-0.15, -0.1) is 11.6 Å². The third-order valence-electron chi connectivity index (χ3n) is 3.07. The van der Waals surface area contributed by atoms with Crippen molar-refractivity contribution >= 4 is 17.4 Å². The van der Waals surface area contributed by atoms with Gasteiger partial charge in [-0.05, 0) is 37.3 Å². The fourth-order valence-electron chi connectivity index (χ4n) is 2.22. The second-order valence-corrected chi connectivity index (χ2v) is 4.64. The van der Waals surface area contributed by atoms with Crippen molar-refractivity contribution in [2.24, 2.45) is 5.92 Å². The number of rotatable bonds is 3. The molecule has 1 unspecified atom stereocenters. The summed E-state index contributed by atoms with van der Waals surface area (Å²) in [6.45, 7) is 2.00. The minimum absolute atomic E-state index is 0.280. The van der Waals surface area contributed by atoms with E-state index >= 15 is 0 Å². The van der Waals surface area contributed by atoms with Crippen molar-refractivity contribution in [2.75, 3.05) is 23.9 Å². The number of nitrogens with zero attached hydrogens (tertiary/aromatic N) is 2. The van der Waals surface area contributed by atoms with Gasteiger partial charge in [-0.3, -0.25) is 0 Å². The molecule has 1 aliphatic rings. The van der Waals surface area contributed by atoms with Gasteiger partial charge >= 0.3 is 0 Å². The van der Waals surface area contributed by atoms with E-state index in [1.807, 2.05) is 0 Å². The lowest BCUT2D eigenvalue weighted by atomic mass is 9.95. The van der Waals surface area contributed by atoms with E-state index in [1.54, 1.807) is 6.07 Å². The van der Waals surface area contributed by atoms with Crippen LogP contribution < -0.4 is 4.90 Å². The van der Waals surface area contributed by atoms with Crippen LogP contribution in [0.2, 0.25) is 0 Å². The molecule has 0 saturated carbocycles. The van der Waals surface area contributed by atoms with Gasteiger partial charge in [-0.2, -0.15) is 0 Å². The molecular formula is C12H16ClFN2. The van der Waals surface area contributed by atoms with E-state index < -0.39 is 0 Å². The van der Waals surface area contributed by atoms with Crippen molar-refractivity contribution in [3.05, 3.63) is 24.1 Å². The third kappa shape index (κ3) is 2.85. The Kier molecular flexibility index (Phi) is 3.99. The predicted octanol–water partition coefficient (Wildman–Crippen LogP) is 3.07. The molecule has 1 saturated heterocycles. The van der Waals surface area contributed by atoms with Crippen LogP contribution >= 0.6 is 11.6 Å². The lowest BCUT2D eigenvalue weighted by Crippen LogP contribution is -2.36. The number of alkyl halides is 1. The summed E-state index contributed by atoms with van der Waals surface area (Å²) < 4.78 is 12.8. The van der Waals surface area contributed by atoms with E-state index in [0.29, 0.717) is 5.92 Å². The van der Waals surface area contributed by atoms with E-state index in [1.165, 1.54) is 25.1 Å². The quantitative estimate of drug-likeness (QED) is 0.758. The smallest absolute Gasteiger partial charge is 0.141 e. The topological polar surface area (TPSA) is 16.1 Å². The normalized spacial score (nSPS) is 21.1. The fraction of sp³-hybridized carbons (Fsp3) is 0.583. The number of aromatic nitrogens is 1. The first-order chi connectivity index (χ1) is 7.79. The Morgan fingerprint density at radius 1 is 1.50 bits per heavy atom. The Morgan fingerprint density at radius 3 is 3.06 bits per heavy atom. The van der Waals surface area contributed by atoms with Crippen molar-refractivity contribution < 1.29 is 4.39 Å². The van der Waals surface area contributed by atoms with E-state index in [2.05, 4.69) is 9.88 Å². The van der Waals surface area contributed by atoms with Crippen molar-refractivity contribution in [1.82, 2.24) is 4.98 Å². The van der Waals surface area contributed by atoms with Crippen molar-refractivity contribution in [2.45, 2.75) is 19.3 Å². The van der Waals surface area contributed by atoms with Crippen LogP contribution in [0.4, 0.5) is 10.2 Å². The molecule has 1 aromatic heterocycles. The molecule has 4 heteroatoms. The molecule has 2 nitrogen and oxygen atoms in total. The molecule has 0 N–H and O–H groups in total. The van der Waals surface area contributed by atoms with Crippen LogP contribution in [0.5, 0.6) is 0 Å². The lowest BCUT2D eigenvalue weighted by molar-refractivity contribution is 0.404. The van der Waals surface area contributed by atoms with Crippen LogP contribution in [-0.4, -0.2) is 24.0 Å². The van der Waals surface area contributed by atoms with Crippen molar-refractivity contribution in [3.8, 4) is 0 Å². The van der Waals surface area contributed by atoms with Gasteiger partial charge in [-0.25, -0.2) is 9.37 Å². The molecule has 2 rings (SSSR count). The molecule has 0 spiro atoms. The molecule has 1 aliphatic heterocycles. The summed E-state index contributed by atoms with van der Waals surface area (Å²) in [5, 5.41) is 0. The third-order valence-corrected chi connectivity index (χ3v) is 3.29. The van der Waals surface area contributed by atoms with Gasteiger partial charge < -0.3 is 4.90 Å². The van der Waals surface area contributed by atoms with E-state index in [0.717, 1.165) is 31.2 Å². The second kappa shape index (κ2) is 5.48. The molecule has 88 valence electrons. The zero-order valence-electron chi connectivity index (χ0n) is 9.20. The van der Waals surface area contributed by atoms with Crippen LogP contribution in [0, 0.1) is 11.7 Å². The highest BCUT2D eigenvalue weighted by atomic mass is 35.5. The molecule has 1 fully saturated rings. The van der Waals surface area contributed by atoms with Crippen LogP contribution in [-0.2, 0) is 0 Å². The van der Waals surface area contributed by atoms with E-state index in [9.17, 15) is 4.39 Å². The molecule has 0 aliphatic carbocycles. The summed E-state index contributed by atoms with van der Waals surface area (Å²) >= 11 is 5.77. The van der Waals surface area contributed by atoms with E-state index in [-0.39, 0.29) is 5.82 Å². The molecule has 2 heterocycles. The lowest BCUT2D eigenvalue weighted by Gasteiger charge is -2.33. The zero-order valence-corrected chi connectivity index (χ0v) is 9.96. The zero-order chi connectivity index (χ0) is 11.4. The second-order valence-electron chi connectivity index (χ2n) is 4.27. The Hall–Kier alpha value is -0.830. The van der Waals surface area contributed by atoms with Crippen LogP contribution in [0.3, 0.4) is 0 Å². The molecule has 16 heavy (non-hydrogen) atoms. The maximum atomic E-state index is 12.8. The highest BCUT2D eigenvalue weighted by Crippen LogP contribution is 2.23. The van der Waals surface area contributed by atoms with Gasteiger partial charge in [0, 0.05) is 19.0 Å². The molecule has 0 radical (unpaired) electrons. The maximum Gasteiger partial charge on any atom is 0.141 e. The van der Waals surface area contributed by atoms with Gasteiger partial charge in [0.25, 0.3) is 0 Å². The Balaban J connectivity index is 2.01. The summed E-state index contributed by atoms with van der Waals surface area (Å²) in [7, 11) is 0. The first kappa shape index (κ1) is 11.6. The number of pyridine rings is 1. The van der Waals surface area contributed by atoms with Crippen LogP contribution in [0.25, 0.3) is 0 Å². The summed E-state index contributed by atoms with van der Waals surface area (Å²) in [6.07, 6.45) is 4.74. The molecule has 0 aromatic carbocycles. The van der Waals surface area contributed by atoms with Gasteiger partial charge in [-0.1, -0.05) is 0 Å².